The summed E-state index contributed by atoms with van der Waals surface area (Å²) in [5, 5.41) is 0. The van der Waals surface area contributed by atoms with E-state index in [1.54, 1.807) is 6.07 Å². The number of anilines is 1. The van der Waals surface area contributed by atoms with Crippen LogP contribution in [0.15, 0.2) is 22.7 Å². The Labute approximate surface area is 135 Å². The molecular formula is C16H24BrN3O. The molecule has 0 atom stereocenters. The van der Waals surface area contributed by atoms with Crippen molar-refractivity contribution in [3.8, 4) is 0 Å². The number of rotatable bonds is 4. The van der Waals surface area contributed by atoms with Gasteiger partial charge in [-0.05, 0) is 44.1 Å². The van der Waals surface area contributed by atoms with Gasteiger partial charge in [0.15, 0.2) is 0 Å². The van der Waals surface area contributed by atoms with Crippen molar-refractivity contribution in [2.45, 2.75) is 32.7 Å². The Hall–Kier alpha value is -1.07. The molecule has 1 aliphatic heterocycles. The summed E-state index contributed by atoms with van der Waals surface area (Å²) in [6.07, 6.45) is 2.10. The number of likely N-dealkylation sites (tertiary alicyclic amines) is 1. The molecule has 1 heterocycles. The second-order valence-electron chi connectivity index (χ2n) is 5.52. The number of hydrogen-bond donors (Lipinski definition) is 1. The summed E-state index contributed by atoms with van der Waals surface area (Å²) in [5.74, 6) is 0.0843. The van der Waals surface area contributed by atoms with E-state index in [1.807, 2.05) is 17.0 Å². The number of nitrogens with zero attached hydrogens (tertiary/aromatic N) is 2. The number of halogens is 1. The van der Waals surface area contributed by atoms with Gasteiger partial charge in [0.1, 0.15) is 0 Å². The number of nitrogens with two attached hydrogens (primary N) is 1. The van der Waals surface area contributed by atoms with Gasteiger partial charge in [-0.15, -0.1) is 0 Å². The van der Waals surface area contributed by atoms with Crippen molar-refractivity contribution in [3.63, 3.8) is 0 Å². The molecule has 0 unspecified atom stereocenters. The smallest absolute Gasteiger partial charge is 0.253 e. The van der Waals surface area contributed by atoms with Gasteiger partial charge < -0.3 is 15.5 Å². The highest BCUT2D eigenvalue weighted by atomic mass is 79.9. The van der Waals surface area contributed by atoms with Crippen LogP contribution in [-0.4, -0.2) is 47.9 Å². The zero-order chi connectivity index (χ0) is 15.4. The summed E-state index contributed by atoms with van der Waals surface area (Å²) >= 11 is 3.40. The quantitative estimate of drug-likeness (QED) is 0.846. The predicted molar refractivity (Wildman–Crippen MR) is 90.4 cm³/mol. The lowest BCUT2D eigenvalue weighted by molar-refractivity contribution is 0.0631. The molecule has 5 heteroatoms. The molecule has 0 aromatic heterocycles. The lowest BCUT2D eigenvalue weighted by Gasteiger charge is -2.37. The highest BCUT2D eigenvalue weighted by Crippen LogP contribution is 2.22. The second kappa shape index (κ2) is 7.27. The first-order valence-electron chi connectivity index (χ1n) is 7.64. The molecular weight excluding hydrogens is 330 g/mol. The van der Waals surface area contributed by atoms with Gasteiger partial charge >= 0.3 is 0 Å². The fourth-order valence-electron chi connectivity index (χ4n) is 3.09. The number of carbonyl (C=O) groups excluding carboxylic acids is 1. The van der Waals surface area contributed by atoms with Crippen LogP contribution in [0.3, 0.4) is 0 Å². The van der Waals surface area contributed by atoms with E-state index < -0.39 is 0 Å². The van der Waals surface area contributed by atoms with Crippen molar-refractivity contribution < 1.29 is 4.79 Å². The van der Waals surface area contributed by atoms with Crippen LogP contribution in [0.4, 0.5) is 5.69 Å². The van der Waals surface area contributed by atoms with Gasteiger partial charge in [0.25, 0.3) is 5.91 Å². The van der Waals surface area contributed by atoms with Gasteiger partial charge in [0.2, 0.25) is 0 Å². The van der Waals surface area contributed by atoms with Crippen LogP contribution >= 0.6 is 15.9 Å². The zero-order valence-corrected chi connectivity index (χ0v) is 14.4. The first kappa shape index (κ1) is 16.3. The monoisotopic (exact) mass is 353 g/mol. The van der Waals surface area contributed by atoms with E-state index in [2.05, 4.69) is 34.7 Å². The van der Waals surface area contributed by atoms with Crippen molar-refractivity contribution >= 4 is 27.5 Å². The minimum Gasteiger partial charge on any atom is -0.399 e. The maximum Gasteiger partial charge on any atom is 0.253 e. The van der Waals surface area contributed by atoms with E-state index in [4.69, 9.17) is 5.73 Å². The fourth-order valence-corrected chi connectivity index (χ4v) is 3.60. The molecule has 0 aliphatic carbocycles. The normalized spacial score (nSPS) is 16.5. The fraction of sp³-hybridized carbons (Fsp3) is 0.562. The van der Waals surface area contributed by atoms with Crippen LogP contribution in [-0.2, 0) is 0 Å². The molecule has 1 aliphatic rings. The minimum atomic E-state index is 0.0843. The number of hydrogen-bond acceptors (Lipinski definition) is 3. The lowest BCUT2D eigenvalue weighted by atomic mass is 10.0. The third-order valence-electron chi connectivity index (χ3n) is 4.25. The Balaban J connectivity index is 2.00. The van der Waals surface area contributed by atoms with E-state index in [1.165, 1.54) is 0 Å². The first-order valence-corrected chi connectivity index (χ1v) is 8.43. The molecule has 2 N–H and O–H groups in total. The number of piperidine rings is 1. The third kappa shape index (κ3) is 3.98. The van der Waals surface area contributed by atoms with Gasteiger partial charge in [0.05, 0.1) is 0 Å². The van der Waals surface area contributed by atoms with E-state index >= 15 is 0 Å². The molecule has 1 fully saturated rings. The Morgan fingerprint density at radius 2 is 1.90 bits per heavy atom. The summed E-state index contributed by atoms with van der Waals surface area (Å²) in [6, 6.07) is 6.01. The molecule has 0 radical (unpaired) electrons. The molecule has 1 aromatic rings. The predicted octanol–water partition coefficient (Wildman–Crippen LogP) is 2.98. The molecule has 1 aromatic carbocycles. The average molecular weight is 354 g/mol. The summed E-state index contributed by atoms with van der Waals surface area (Å²) in [4.78, 5) is 17.0. The summed E-state index contributed by atoms with van der Waals surface area (Å²) < 4.78 is 0.851. The van der Waals surface area contributed by atoms with Crippen LogP contribution in [0.25, 0.3) is 0 Å². The number of amides is 1. The summed E-state index contributed by atoms with van der Waals surface area (Å²) in [7, 11) is 0. The molecule has 1 amide bonds. The largest absolute Gasteiger partial charge is 0.399 e. The van der Waals surface area contributed by atoms with E-state index in [-0.39, 0.29) is 5.91 Å². The number of carbonyl (C=O) groups is 1. The maximum absolute atomic E-state index is 12.6. The van der Waals surface area contributed by atoms with Crippen LogP contribution < -0.4 is 5.73 Å². The molecule has 1 saturated heterocycles. The van der Waals surface area contributed by atoms with Gasteiger partial charge in [0, 0.05) is 34.9 Å². The standard InChI is InChI=1S/C16H24BrN3O/c1-3-19(4-2)15-5-7-20(8-6-15)16(21)12-9-13(17)11-14(18)10-12/h9-11,15H,3-8,18H2,1-2H3. The zero-order valence-electron chi connectivity index (χ0n) is 12.8. The Kier molecular flexibility index (Phi) is 5.65. The molecule has 0 saturated carbocycles. The molecule has 21 heavy (non-hydrogen) atoms. The van der Waals surface area contributed by atoms with Crippen molar-refractivity contribution in [2.24, 2.45) is 0 Å². The highest BCUT2D eigenvalue weighted by Gasteiger charge is 2.26. The van der Waals surface area contributed by atoms with Crippen molar-refractivity contribution in [1.82, 2.24) is 9.80 Å². The van der Waals surface area contributed by atoms with Gasteiger partial charge in [-0.3, -0.25) is 4.79 Å². The summed E-state index contributed by atoms with van der Waals surface area (Å²) in [5.41, 5.74) is 7.10. The van der Waals surface area contributed by atoms with Crippen molar-refractivity contribution in [3.05, 3.63) is 28.2 Å². The number of nitrogen functional groups attached to an aromatic ring is 1. The Bertz CT molecular complexity index is 474. The van der Waals surface area contributed by atoms with Crippen LogP contribution in [0, 0.1) is 0 Å². The topological polar surface area (TPSA) is 49.6 Å². The van der Waals surface area contributed by atoms with E-state index in [0.29, 0.717) is 17.3 Å². The van der Waals surface area contributed by atoms with Gasteiger partial charge in [-0.25, -0.2) is 0 Å². The SMILES string of the molecule is CCN(CC)C1CCN(C(=O)c2cc(N)cc(Br)c2)CC1. The van der Waals surface area contributed by atoms with Crippen molar-refractivity contribution in [2.75, 3.05) is 31.9 Å². The maximum atomic E-state index is 12.6. The summed E-state index contributed by atoms with van der Waals surface area (Å²) in [6.45, 7) is 8.21. The molecule has 2 rings (SSSR count). The van der Waals surface area contributed by atoms with Crippen LogP contribution in [0.5, 0.6) is 0 Å². The highest BCUT2D eigenvalue weighted by molar-refractivity contribution is 9.10. The molecule has 0 bridgehead atoms. The molecule has 4 nitrogen and oxygen atoms in total. The average Bonchev–Trinajstić information content (AvgIpc) is 2.47. The van der Waals surface area contributed by atoms with Crippen LogP contribution in [0.2, 0.25) is 0 Å². The van der Waals surface area contributed by atoms with Gasteiger partial charge in [-0.1, -0.05) is 29.8 Å². The first-order chi connectivity index (χ1) is 10.0. The number of benzene rings is 1. The van der Waals surface area contributed by atoms with Gasteiger partial charge in [-0.2, -0.15) is 0 Å². The lowest BCUT2D eigenvalue weighted by Crippen LogP contribution is -2.46. The Morgan fingerprint density at radius 1 is 1.29 bits per heavy atom. The Morgan fingerprint density at radius 3 is 2.43 bits per heavy atom. The molecule has 0 spiro atoms. The van der Waals surface area contributed by atoms with Crippen molar-refractivity contribution in [1.29, 1.82) is 0 Å². The van der Waals surface area contributed by atoms with E-state index in [0.717, 1.165) is 43.5 Å². The molecule has 116 valence electrons. The van der Waals surface area contributed by atoms with E-state index in [9.17, 15) is 4.79 Å². The van der Waals surface area contributed by atoms with Crippen LogP contribution in [0.1, 0.15) is 37.0 Å². The minimum absolute atomic E-state index is 0.0843. The third-order valence-corrected chi connectivity index (χ3v) is 4.71. The second-order valence-corrected chi connectivity index (χ2v) is 6.43.